The Morgan fingerprint density at radius 1 is 1.42 bits per heavy atom. The molecule has 4 heteroatoms. The van der Waals surface area contributed by atoms with Crippen LogP contribution < -0.4 is 5.32 Å². The lowest BCUT2D eigenvalue weighted by atomic mass is 9.92. The fourth-order valence-electron chi connectivity index (χ4n) is 2.92. The van der Waals surface area contributed by atoms with E-state index in [9.17, 15) is 5.26 Å². The Morgan fingerprint density at radius 3 is 2.53 bits per heavy atom. The van der Waals surface area contributed by atoms with E-state index < -0.39 is 5.54 Å². The first-order valence-electron chi connectivity index (χ1n) is 7.35. The quantitative estimate of drug-likeness (QED) is 0.822. The van der Waals surface area contributed by atoms with Gasteiger partial charge in [0.15, 0.2) is 0 Å². The van der Waals surface area contributed by atoms with Gasteiger partial charge < -0.3 is 0 Å². The van der Waals surface area contributed by atoms with Gasteiger partial charge in [-0.3, -0.25) is 15.1 Å². The summed E-state index contributed by atoms with van der Waals surface area (Å²) < 4.78 is 0. The van der Waals surface area contributed by atoms with E-state index in [1.165, 1.54) is 0 Å². The minimum Gasteiger partial charge on any atom is -0.300 e. The van der Waals surface area contributed by atoms with Crippen molar-refractivity contribution in [2.45, 2.75) is 58.2 Å². The molecule has 0 saturated carbocycles. The predicted molar refractivity (Wildman–Crippen MR) is 80.1 cm³/mol. The van der Waals surface area contributed by atoms with E-state index in [1.807, 2.05) is 6.92 Å². The predicted octanol–water partition coefficient (Wildman–Crippen LogP) is 1.68. The van der Waals surface area contributed by atoms with Crippen LogP contribution in [-0.2, 0) is 0 Å². The van der Waals surface area contributed by atoms with E-state index in [0.29, 0.717) is 6.04 Å². The molecule has 4 nitrogen and oxygen atoms in total. The van der Waals surface area contributed by atoms with Crippen molar-refractivity contribution in [2.24, 2.45) is 0 Å². The number of hydrogen-bond donors (Lipinski definition) is 1. The van der Waals surface area contributed by atoms with Crippen LogP contribution in [0.3, 0.4) is 0 Å². The fraction of sp³-hybridized carbons (Fsp3) is 0.933. The van der Waals surface area contributed by atoms with Gasteiger partial charge in [-0.1, -0.05) is 6.92 Å². The summed E-state index contributed by atoms with van der Waals surface area (Å²) in [5.41, 5.74) is -0.199. The molecular weight excluding hydrogens is 236 g/mol. The van der Waals surface area contributed by atoms with Crippen molar-refractivity contribution in [3.63, 3.8) is 0 Å². The minimum absolute atomic E-state index is 0.216. The van der Waals surface area contributed by atoms with Crippen LogP contribution in [0.15, 0.2) is 0 Å². The standard InChI is InChI=1S/C15H30N4/c1-7-17-15(5,11-16)10-13(2)19-9-8-18(6)14(3,4)12-19/h13,17H,7-10,12H2,1-6H3. The molecule has 1 saturated heterocycles. The van der Waals surface area contributed by atoms with Crippen LogP contribution in [0.5, 0.6) is 0 Å². The summed E-state index contributed by atoms with van der Waals surface area (Å²) in [7, 11) is 2.19. The van der Waals surface area contributed by atoms with Crippen molar-refractivity contribution in [3.05, 3.63) is 0 Å². The number of hydrogen-bond acceptors (Lipinski definition) is 4. The Balaban J connectivity index is 2.64. The van der Waals surface area contributed by atoms with Gasteiger partial charge in [-0.15, -0.1) is 0 Å². The lowest BCUT2D eigenvalue weighted by Gasteiger charge is -2.48. The molecule has 1 N–H and O–H groups in total. The molecule has 1 rings (SSSR count). The Kier molecular flexibility index (Phi) is 5.37. The summed E-state index contributed by atoms with van der Waals surface area (Å²) in [6, 6.07) is 2.86. The third kappa shape index (κ3) is 4.17. The zero-order chi connectivity index (χ0) is 14.7. The zero-order valence-electron chi connectivity index (χ0n) is 13.5. The highest BCUT2D eigenvalue weighted by Gasteiger charge is 2.35. The summed E-state index contributed by atoms with van der Waals surface area (Å²) in [5, 5.41) is 12.7. The van der Waals surface area contributed by atoms with Crippen LogP contribution in [0.4, 0.5) is 0 Å². The van der Waals surface area contributed by atoms with Crippen LogP contribution in [0, 0.1) is 11.3 Å². The molecule has 0 spiro atoms. The first-order chi connectivity index (χ1) is 8.74. The second-order valence-electron chi connectivity index (χ2n) is 6.73. The Hall–Kier alpha value is -0.630. The van der Waals surface area contributed by atoms with Crippen molar-refractivity contribution in [1.82, 2.24) is 15.1 Å². The fourth-order valence-corrected chi connectivity index (χ4v) is 2.92. The normalized spacial score (nSPS) is 25.5. The van der Waals surface area contributed by atoms with Gasteiger partial charge in [-0.25, -0.2) is 0 Å². The summed E-state index contributed by atoms with van der Waals surface area (Å²) in [6.07, 6.45) is 0.872. The molecule has 0 aliphatic carbocycles. The van der Waals surface area contributed by atoms with Gasteiger partial charge in [-0.05, 0) is 47.7 Å². The largest absolute Gasteiger partial charge is 0.300 e. The summed E-state index contributed by atoms with van der Waals surface area (Å²) in [6.45, 7) is 15.0. The van der Waals surface area contributed by atoms with E-state index in [0.717, 1.165) is 32.6 Å². The number of likely N-dealkylation sites (N-methyl/N-ethyl adjacent to an activating group) is 1. The molecule has 0 amide bonds. The van der Waals surface area contributed by atoms with Gasteiger partial charge in [0.1, 0.15) is 5.54 Å². The molecule has 1 aliphatic heterocycles. The van der Waals surface area contributed by atoms with Crippen LogP contribution in [0.1, 0.15) is 41.0 Å². The molecule has 1 fully saturated rings. The third-order valence-electron chi connectivity index (χ3n) is 4.49. The average Bonchev–Trinajstić information content (AvgIpc) is 2.32. The summed E-state index contributed by atoms with van der Waals surface area (Å²) >= 11 is 0. The smallest absolute Gasteiger partial charge is 0.105 e. The Morgan fingerprint density at radius 2 is 2.05 bits per heavy atom. The van der Waals surface area contributed by atoms with E-state index in [-0.39, 0.29) is 5.54 Å². The number of rotatable bonds is 5. The number of nitriles is 1. The Bertz CT molecular complexity index is 334. The SMILES string of the molecule is CCNC(C)(C#N)CC(C)N1CCN(C)C(C)(C)C1. The number of nitrogens with one attached hydrogen (secondary N) is 1. The van der Waals surface area contributed by atoms with Crippen LogP contribution in [0.25, 0.3) is 0 Å². The van der Waals surface area contributed by atoms with Crippen molar-refractivity contribution >= 4 is 0 Å². The molecule has 2 atom stereocenters. The molecule has 0 aromatic carbocycles. The van der Waals surface area contributed by atoms with Crippen LogP contribution in [0.2, 0.25) is 0 Å². The maximum atomic E-state index is 9.37. The Labute approximate surface area is 118 Å². The molecule has 2 unspecified atom stereocenters. The third-order valence-corrected chi connectivity index (χ3v) is 4.49. The maximum absolute atomic E-state index is 9.37. The first kappa shape index (κ1) is 16.4. The van der Waals surface area contributed by atoms with Gasteiger partial charge in [0, 0.05) is 31.2 Å². The summed E-state index contributed by atoms with van der Waals surface area (Å²) in [5.74, 6) is 0. The molecule has 0 bridgehead atoms. The summed E-state index contributed by atoms with van der Waals surface area (Å²) in [4.78, 5) is 4.94. The van der Waals surface area contributed by atoms with Gasteiger partial charge >= 0.3 is 0 Å². The lowest BCUT2D eigenvalue weighted by Crippen LogP contribution is -2.60. The highest BCUT2D eigenvalue weighted by Crippen LogP contribution is 2.23. The second kappa shape index (κ2) is 6.21. The molecule has 1 aliphatic rings. The van der Waals surface area contributed by atoms with Crippen molar-refractivity contribution in [3.8, 4) is 6.07 Å². The van der Waals surface area contributed by atoms with Gasteiger partial charge in [0.25, 0.3) is 0 Å². The average molecular weight is 266 g/mol. The van der Waals surface area contributed by atoms with Crippen LogP contribution >= 0.6 is 0 Å². The van der Waals surface area contributed by atoms with Gasteiger partial charge in [0.05, 0.1) is 6.07 Å². The molecule has 1 heterocycles. The monoisotopic (exact) mass is 266 g/mol. The van der Waals surface area contributed by atoms with Gasteiger partial charge in [-0.2, -0.15) is 5.26 Å². The second-order valence-corrected chi connectivity index (χ2v) is 6.73. The van der Waals surface area contributed by atoms with E-state index >= 15 is 0 Å². The topological polar surface area (TPSA) is 42.3 Å². The maximum Gasteiger partial charge on any atom is 0.105 e. The van der Waals surface area contributed by atoms with E-state index in [2.05, 4.69) is 55.9 Å². The molecule has 0 aromatic heterocycles. The van der Waals surface area contributed by atoms with Crippen molar-refractivity contribution in [2.75, 3.05) is 33.2 Å². The number of nitrogens with zero attached hydrogens (tertiary/aromatic N) is 3. The van der Waals surface area contributed by atoms with Gasteiger partial charge in [0.2, 0.25) is 0 Å². The lowest BCUT2D eigenvalue weighted by molar-refractivity contribution is 0.0150. The molecule has 0 aromatic rings. The minimum atomic E-state index is -0.415. The van der Waals surface area contributed by atoms with E-state index in [4.69, 9.17) is 0 Å². The highest BCUT2D eigenvalue weighted by atomic mass is 15.3. The molecule has 19 heavy (non-hydrogen) atoms. The highest BCUT2D eigenvalue weighted by molar-refractivity contribution is 5.05. The molecule has 0 radical (unpaired) electrons. The van der Waals surface area contributed by atoms with E-state index in [1.54, 1.807) is 0 Å². The first-order valence-corrected chi connectivity index (χ1v) is 7.35. The molecular formula is C15H30N4. The van der Waals surface area contributed by atoms with Crippen molar-refractivity contribution in [1.29, 1.82) is 5.26 Å². The number of piperazine rings is 1. The van der Waals surface area contributed by atoms with Crippen LogP contribution in [-0.4, -0.2) is 60.1 Å². The zero-order valence-corrected chi connectivity index (χ0v) is 13.5. The molecule has 110 valence electrons. The van der Waals surface area contributed by atoms with Crippen molar-refractivity contribution < 1.29 is 0 Å².